The first-order valence-electron chi connectivity index (χ1n) is 11.3. The number of likely N-dealkylation sites (tertiary alicyclic amines) is 1. The van der Waals surface area contributed by atoms with Crippen LogP contribution < -0.4 is 16.1 Å². The maximum atomic E-state index is 14.6. The third-order valence-electron chi connectivity index (χ3n) is 5.87. The molecule has 1 saturated heterocycles. The molecule has 188 valence electrons. The molecule has 0 saturated carbocycles. The zero-order valence-electron chi connectivity index (χ0n) is 19.8. The number of hydrogen-bond donors (Lipinski definition) is 3. The zero-order chi connectivity index (χ0) is 25.2. The molecule has 3 N–H and O–H groups in total. The minimum absolute atomic E-state index is 0.167. The Morgan fingerprint density at radius 3 is 2.80 bits per heavy atom. The number of fused-ring (bicyclic) bond motifs is 1. The SMILES string of the molecule is CN1CC[C@@H](Nc2cccc3c(CC(F)(F)F)c(C#CCNc4cc(P(C)C)n[nH]4)sc23)[C@@H](F)C1. The van der Waals surface area contributed by atoms with E-state index < -0.39 is 18.8 Å². The van der Waals surface area contributed by atoms with Gasteiger partial charge >= 0.3 is 6.18 Å². The van der Waals surface area contributed by atoms with Crippen LogP contribution in [-0.2, 0) is 6.42 Å². The Balaban J connectivity index is 1.59. The molecule has 1 aromatic carbocycles. The van der Waals surface area contributed by atoms with Crippen molar-refractivity contribution in [1.29, 1.82) is 0 Å². The third kappa shape index (κ3) is 6.46. The highest BCUT2D eigenvalue weighted by atomic mass is 32.1. The van der Waals surface area contributed by atoms with Crippen LogP contribution in [0.5, 0.6) is 0 Å². The molecule has 0 bridgehead atoms. The van der Waals surface area contributed by atoms with Gasteiger partial charge in [-0.3, -0.25) is 5.10 Å². The molecule has 4 rings (SSSR count). The Bertz CT molecular complexity index is 1230. The van der Waals surface area contributed by atoms with Crippen molar-refractivity contribution in [2.45, 2.75) is 31.2 Å². The molecular formula is C24H28F4N5PS. The van der Waals surface area contributed by atoms with Crippen LogP contribution in [0.2, 0.25) is 0 Å². The predicted molar refractivity (Wildman–Crippen MR) is 138 cm³/mol. The summed E-state index contributed by atoms with van der Waals surface area (Å²) in [6.07, 6.45) is -5.85. The fourth-order valence-electron chi connectivity index (χ4n) is 4.07. The Kier molecular flexibility index (Phi) is 7.89. The van der Waals surface area contributed by atoms with Gasteiger partial charge in [0.25, 0.3) is 0 Å². The quantitative estimate of drug-likeness (QED) is 0.241. The number of hydrogen-bond acceptors (Lipinski definition) is 5. The highest BCUT2D eigenvalue weighted by Crippen LogP contribution is 2.39. The maximum Gasteiger partial charge on any atom is 0.393 e. The highest BCUT2D eigenvalue weighted by Gasteiger charge is 2.32. The van der Waals surface area contributed by atoms with Crippen molar-refractivity contribution in [1.82, 2.24) is 15.1 Å². The molecule has 0 radical (unpaired) electrons. The van der Waals surface area contributed by atoms with Crippen LogP contribution in [0.4, 0.5) is 29.1 Å². The summed E-state index contributed by atoms with van der Waals surface area (Å²) < 4.78 is 55.6. The number of nitrogens with one attached hydrogen (secondary N) is 3. The molecule has 0 unspecified atom stereocenters. The smallest absolute Gasteiger partial charge is 0.378 e. The van der Waals surface area contributed by atoms with Gasteiger partial charge < -0.3 is 15.5 Å². The van der Waals surface area contributed by atoms with Crippen molar-refractivity contribution in [3.8, 4) is 11.8 Å². The molecular weight excluding hydrogens is 497 g/mol. The first kappa shape index (κ1) is 25.7. The molecule has 35 heavy (non-hydrogen) atoms. The fourth-order valence-corrected chi connectivity index (χ4v) is 5.88. The average molecular weight is 526 g/mol. The predicted octanol–water partition coefficient (Wildman–Crippen LogP) is 5.01. The highest BCUT2D eigenvalue weighted by molar-refractivity contribution is 7.63. The fraction of sp³-hybridized carbons (Fsp3) is 0.458. The molecule has 3 heterocycles. The van der Waals surface area contributed by atoms with Crippen LogP contribution in [-0.4, -0.2) is 73.5 Å². The largest absolute Gasteiger partial charge is 0.393 e. The number of nitrogens with zero attached hydrogens (tertiary/aromatic N) is 2. The Hall–Kier alpha value is -2.34. The van der Waals surface area contributed by atoms with Crippen LogP contribution in [0.1, 0.15) is 16.9 Å². The second-order valence-corrected chi connectivity index (χ2v) is 12.2. The normalized spacial score (nSPS) is 19.1. The van der Waals surface area contributed by atoms with Gasteiger partial charge in [0.1, 0.15) is 12.0 Å². The maximum absolute atomic E-state index is 14.6. The van der Waals surface area contributed by atoms with Gasteiger partial charge in [-0.25, -0.2) is 4.39 Å². The summed E-state index contributed by atoms with van der Waals surface area (Å²) >= 11 is 1.22. The molecule has 5 nitrogen and oxygen atoms in total. The summed E-state index contributed by atoms with van der Waals surface area (Å²) in [5.74, 6) is 6.60. The summed E-state index contributed by atoms with van der Waals surface area (Å²) in [7, 11) is 1.55. The number of alkyl halides is 4. The lowest BCUT2D eigenvalue weighted by Gasteiger charge is -2.33. The Labute approximate surface area is 207 Å². The van der Waals surface area contributed by atoms with Crippen molar-refractivity contribution < 1.29 is 17.6 Å². The van der Waals surface area contributed by atoms with Gasteiger partial charge in [0.15, 0.2) is 0 Å². The lowest BCUT2D eigenvalue weighted by molar-refractivity contribution is -0.126. The number of H-pyrrole nitrogens is 1. The summed E-state index contributed by atoms with van der Waals surface area (Å²) in [4.78, 5) is 2.32. The lowest BCUT2D eigenvalue weighted by Crippen LogP contribution is -2.46. The summed E-state index contributed by atoms with van der Waals surface area (Å²) in [5.41, 5.74) is 1.80. The monoisotopic (exact) mass is 525 g/mol. The van der Waals surface area contributed by atoms with Crippen molar-refractivity contribution in [2.24, 2.45) is 0 Å². The van der Waals surface area contributed by atoms with Crippen LogP contribution in [0, 0.1) is 11.8 Å². The van der Waals surface area contributed by atoms with Gasteiger partial charge in [-0.05, 0) is 43.8 Å². The molecule has 3 aromatic rings. The van der Waals surface area contributed by atoms with Crippen molar-refractivity contribution in [2.75, 3.05) is 50.6 Å². The molecule has 0 spiro atoms. The molecule has 0 amide bonds. The van der Waals surface area contributed by atoms with E-state index in [0.717, 1.165) is 17.8 Å². The zero-order valence-corrected chi connectivity index (χ0v) is 21.5. The molecule has 11 heteroatoms. The summed E-state index contributed by atoms with van der Waals surface area (Å²) in [6.45, 7) is 5.55. The van der Waals surface area contributed by atoms with E-state index in [9.17, 15) is 17.6 Å². The van der Waals surface area contributed by atoms with Crippen LogP contribution in [0.15, 0.2) is 24.3 Å². The molecule has 1 aliphatic heterocycles. The molecule has 2 aromatic heterocycles. The summed E-state index contributed by atoms with van der Waals surface area (Å²) in [5, 5.41) is 14.0. The Morgan fingerprint density at radius 2 is 2.11 bits per heavy atom. The molecule has 2 atom stereocenters. The van der Waals surface area contributed by atoms with Gasteiger partial charge in [-0.1, -0.05) is 31.9 Å². The van der Waals surface area contributed by atoms with E-state index in [2.05, 4.69) is 46.0 Å². The van der Waals surface area contributed by atoms with Crippen LogP contribution >= 0.6 is 19.3 Å². The number of anilines is 2. The van der Waals surface area contributed by atoms with Crippen molar-refractivity contribution in [3.05, 3.63) is 34.7 Å². The van der Waals surface area contributed by atoms with Crippen molar-refractivity contribution >= 4 is 46.3 Å². The van der Waals surface area contributed by atoms with E-state index in [1.165, 1.54) is 11.3 Å². The van der Waals surface area contributed by atoms with E-state index >= 15 is 0 Å². The van der Waals surface area contributed by atoms with Gasteiger partial charge in [0, 0.05) is 19.2 Å². The molecule has 1 fully saturated rings. The van der Waals surface area contributed by atoms with Gasteiger partial charge in [0.2, 0.25) is 0 Å². The molecule has 1 aliphatic rings. The minimum atomic E-state index is -4.37. The number of thiophene rings is 1. The second-order valence-electron chi connectivity index (χ2n) is 8.89. The lowest BCUT2D eigenvalue weighted by atomic mass is 10.0. The second kappa shape index (κ2) is 10.7. The standard InChI is InChI=1S/C24H28F4N5PS/c1-33-11-9-18(17(25)14-33)30-19-7-4-6-15-16(13-24(26,27)28)20(35-23(15)19)8-5-10-29-21-12-22(32-31-21)34(2)3/h4,6-7,12,17-18,30H,9-11,13-14H2,1-3H3,(H2,29,31,32)/t17-,18+/m0/s1. The van der Waals surface area contributed by atoms with E-state index in [1.54, 1.807) is 18.2 Å². The number of benzene rings is 1. The van der Waals surface area contributed by atoms with Crippen molar-refractivity contribution in [3.63, 3.8) is 0 Å². The minimum Gasteiger partial charge on any atom is -0.378 e. The number of piperidine rings is 1. The number of aromatic nitrogens is 2. The number of rotatable bonds is 6. The third-order valence-corrected chi connectivity index (χ3v) is 8.21. The Morgan fingerprint density at radius 1 is 1.31 bits per heavy atom. The topological polar surface area (TPSA) is 56.0 Å². The van der Waals surface area contributed by atoms with E-state index in [4.69, 9.17) is 0 Å². The van der Waals surface area contributed by atoms with Gasteiger partial charge in [0.05, 0.1) is 39.7 Å². The first-order chi connectivity index (χ1) is 16.6. The van der Waals surface area contributed by atoms with Gasteiger partial charge in [-0.15, -0.1) is 11.3 Å². The summed E-state index contributed by atoms with van der Waals surface area (Å²) in [6, 6.07) is 6.73. The van der Waals surface area contributed by atoms with Crippen LogP contribution in [0.25, 0.3) is 10.1 Å². The average Bonchev–Trinajstić information content (AvgIpc) is 3.38. The van der Waals surface area contributed by atoms with E-state index in [1.807, 2.05) is 18.0 Å². The van der Waals surface area contributed by atoms with Gasteiger partial charge in [-0.2, -0.15) is 18.3 Å². The van der Waals surface area contributed by atoms with Crippen LogP contribution in [0.3, 0.4) is 0 Å². The first-order valence-corrected chi connectivity index (χ1v) is 14.3. The molecule has 0 aliphatic carbocycles. The number of halogens is 4. The van der Waals surface area contributed by atoms with E-state index in [0.29, 0.717) is 33.6 Å². The number of aromatic amines is 1. The van der Waals surface area contributed by atoms with E-state index in [-0.39, 0.29) is 26.1 Å².